The van der Waals surface area contributed by atoms with Crippen LogP contribution in [-0.2, 0) is 28.5 Å². The van der Waals surface area contributed by atoms with E-state index in [0.717, 1.165) is 62.0 Å². The number of nitrogens with zero attached hydrogens (tertiary/aromatic N) is 2. The summed E-state index contributed by atoms with van der Waals surface area (Å²) < 4.78 is 29.0. The Bertz CT molecular complexity index is 1410. The Kier molecular flexibility index (Phi) is 11.3. The first-order valence-electron chi connectivity index (χ1n) is 18.6. The molecule has 5 aliphatic rings. The fraction of sp³-hybridized carbons (Fsp3) is 0.700. The van der Waals surface area contributed by atoms with E-state index in [0.29, 0.717) is 17.9 Å². The Morgan fingerprint density at radius 3 is 2.57 bits per heavy atom. The summed E-state index contributed by atoms with van der Waals surface area (Å²) in [6, 6.07) is 0. The molecule has 0 bridgehead atoms. The monoisotopic (exact) mass is 676 g/mol. The van der Waals surface area contributed by atoms with Crippen LogP contribution in [-0.4, -0.2) is 59.7 Å². The minimum Gasteiger partial charge on any atom is -0.490 e. The lowest BCUT2D eigenvalue weighted by Crippen LogP contribution is -2.51. The summed E-state index contributed by atoms with van der Waals surface area (Å²) in [7, 11) is 0. The third-order valence-corrected chi connectivity index (χ3v) is 12.7. The number of rotatable bonds is 12. The highest BCUT2D eigenvalue weighted by Crippen LogP contribution is 2.67. The first-order chi connectivity index (χ1) is 23.6. The van der Waals surface area contributed by atoms with Crippen molar-refractivity contribution in [1.29, 1.82) is 0 Å². The van der Waals surface area contributed by atoms with Gasteiger partial charge in [0.05, 0.1) is 25.1 Å². The van der Waals surface area contributed by atoms with E-state index in [1.807, 2.05) is 6.08 Å². The van der Waals surface area contributed by atoms with Crippen molar-refractivity contribution in [2.24, 2.45) is 34.5 Å². The number of hydrogen-bond acceptors (Lipinski definition) is 9. The summed E-state index contributed by atoms with van der Waals surface area (Å²) >= 11 is 0. The molecule has 268 valence electrons. The molecule has 9 nitrogen and oxygen atoms in total. The Morgan fingerprint density at radius 2 is 1.80 bits per heavy atom. The van der Waals surface area contributed by atoms with Crippen LogP contribution in [0, 0.1) is 34.5 Å². The van der Waals surface area contributed by atoms with Gasteiger partial charge in [-0.3, -0.25) is 9.59 Å². The SMILES string of the molecule is CC(=O)OC[C@H]1OC(O[C@H]2CC[C@@]3(C)C(=CC[C@H]4[C@@H]5CC[C@H](/C(C)=C/CCCCOc6cncnc6)[C@@]5(C)CC[C@@H]43)C2)C=C[C@@H]1OC(C)=O. The molecular formula is C40H56N2O7. The van der Waals surface area contributed by atoms with Crippen molar-refractivity contribution in [2.75, 3.05) is 13.2 Å². The number of carbonyl (C=O) groups is 2. The highest BCUT2D eigenvalue weighted by atomic mass is 16.7. The zero-order valence-electron chi connectivity index (χ0n) is 30.1. The molecule has 1 aliphatic heterocycles. The van der Waals surface area contributed by atoms with Crippen LogP contribution in [0.4, 0.5) is 0 Å². The highest BCUT2D eigenvalue weighted by molar-refractivity contribution is 5.66. The van der Waals surface area contributed by atoms with Gasteiger partial charge in [-0.25, -0.2) is 9.97 Å². The Hall–Kier alpha value is -3.04. The van der Waals surface area contributed by atoms with E-state index in [4.69, 9.17) is 23.7 Å². The molecule has 49 heavy (non-hydrogen) atoms. The molecule has 0 amide bonds. The third-order valence-electron chi connectivity index (χ3n) is 12.7. The van der Waals surface area contributed by atoms with Gasteiger partial charge in [-0.15, -0.1) is 0 Å². The van der Waals surface area contributed by atoms with Gasteiger partial charge in [-0.2, -0.15) is 0 Å². The molecule has 0 spiro atoms. The average molecular weight is 677 g/mol. The van der Waals surface area contributed by atoms with Crippen LogP contribution < -0.4 is 4.74 Å². The van der Waals surface area contributed by atoms with Crippen molar-refractivity contribution >= 4 is 11.9 Å². The van der Waals surface area contributed by atoms with E-state index in [1.54, 1.807) is 29.6 Å². The van der Waals surface area contributed by atoms with Gasteiger partial charge in [-0.05, 0) is 124 Å². The van der Waals surface area contributed by atoms with Gasteiger partial charge in [0.25, 0.3) is 0 Å². The van der Waals surface area contributed by atoms with Crippen LogP contribution >= 0.6 is 0 Å². The summed E-state index contributed by atoms with van der Waals surface area (Å²) in [6.07, 6.45) is 24.7. The van der Waals surface area contributed by atoms with Crippen molar-refractivity contribution in [2.45, 2.75) is 130 Å². The molecule has 0 radical (unpaired) electrons. The molecule has 4 aliphatic carbocycles. The van der Waals surface area contributed by atoms with Gasteiger partial charge in [0.1, 0.15) is 25.1 Å². The summed E-state index contributed by atoms with van der Waals surface area (Å²) in [5.41, 5.74) is 3.78. The molecule has 9 heteroatoms. The van der Waals surface area contributed by atoms with E-state index in [2.05, 4.69) is 42.9 Å². The van der Waals surface area contributed by atoms with E-state index >= 15 is 0 Å². The molecular weight excluding hydrogens is 620 g/mol. The molecule has 0 aromatic carbocycles. The van der Waals surface area contributed by atoms with E-state index in [1.165, 1.54) is 52.3 Å². The zero-order chi connectivity index (χ0) is 34.6. The zero-order valence-corrected chi connectivity index (χ0v) is 30.1. The fourth-order valence-corrected chi connectivity index (χ4v) is 10.3. The maximum Gasteiger partial charge on any atom is 0.303 e. The van der Waals surface area contributed by atoms with Crippen LogP contribution in [0.25, 0.3) is 0 Å². The number of ether oxygens (including phenoxy) is 5. The van der Waals surface area contributed by atoms with Crippen LogP contribution in [0.3, 0.4) is 0 Å². The van der Waals surface area contributed by atoms with Gasteiger partial charge in [-0.1, -0.05) is 37.1 Å². The lowest BCUT2D eigenvalue weighted by Gasteiger charge is -2.58. The second-order valence-electron chi connectivity index (χ2n) is 15.6. The summed E-state index contributed by atoms with van der Waals surface area (Å²) in [5, 5.41) is 0. The fourth-order valence-electron chi connectivity index (χ4n) is 10.3. The van der Waals surface area contributed by atoms with Crippen molar-refractivity contribution < 1.29 is 33.3 Å². The van der Waals surface area contributed by atoms with Crippen molar-refractivity contribution in [3.63, 3.8) is 0 Å². The largest absolute Gasteiger partial charge is 0.490 e. The predicted octanol–water partition coefficient (Wildman–Crippen LogP) is 7.71. The number of fused-ring (bicyclic) bond motifs is 5. The van der Waals surface area contributed by atoms with E-state index in [-0.39, 0.29) is 18.1 Å². The minimum atomic E-state index is -0.614. The van der Waals surface area contributed by atoms with E-state index in [9.17, 15) is 9.59 Å². The second kappa shape index (κ2) is 15.5. The van der Waals surface area contributed by atoms with Gasteiger partial charge in [0.15, 0.2) is 12.0 Å². The van der Waals surface area contributed by atoms with Crippen LogP contribution in [0.15, 0.2) is 54.2 Å². The van der Waals surface area contributed by atoms with Crippen molar-refractivity contribution in [3.05, 3.63) is 54.2 Å². The molecule has 1 aromatic heterocycles. The summed E-state index contributed by atoms with van der Waals surface area (Å²) in [6.45, 7) is 11.0. The lowest BCUT2D eigenvalue weighted by atomic mass is 9.47. The van der Waals surface area contributed by atoms with Crippen molar-refractivity contribution in [1.82, 2.24) is 9.97 Å². The number of esters is 2. The topological polar surface area (TPSA) is 106 Å². The van der Waals surface area contributed by atoms with Crippen LogP contribution in [0.1, 0.15) is 105 Å². The third kappa shape index (κ3) is 7.98. The smallest absolute Gasteiger partial charge is 0.303 e. The Labute approximate surface area is 292 Å². The Morgan fingerprint density at radius 1 is 0.980 bits per heavy atom. The molecule has 0 saturated heterocycles. The average Bonchev–Trinajstić information content (AvgIpc) is 3.44. The summed E-state index contributed by atoms with van der Waals surface area (Å²) in [4.78, 5) is 31.1. The first-order valence-corrected chi connectivity index (χ1v) is 18.6. The molecule has 1 unspecified atom stereocenters. The molecule has 3 fully saturated rings. The molecule has 3 saturated carbocycles. The number of unbranched alkanes of at least 4 members (excludes halogenated alkanes) is 2. The minimum absolute atomic E-state index is 0.00577. The number of carbonyl (C=O) groups excluding carboxylic acids is 2. The molecule has 6 rings (SSSR count). The predicted molar refractivity (Wildman–Crippen MR) is 185 cm³/mol. The second-order valence-corrected chi connectivity index (χ2v) is 15.6. The molecule has 0 N–H and O–H groups in total. The van der Waals surface area contributed by atoms with E-state index < -0.39 is 30.4 Å². The summed E-state index contributed by atoms with van der Waals surface area (Å²) in [5.74, 6) is 2.89. The van der Waals surface area contributed by atoms with Gasteiger partial charge in [0.2, 0.25) is 0 Å². The van der Waals surface area contributed by atoms with Crippen LogP contribution in [0.5, 0.6) is 5.75 Å². The van der Waals surface area contributed by atoms with Gasteiger partial charge < -0.3 is 23.7 Å². The maximum atomic E-state index is 11.6. The number of aromatic nitrogens is 2. The quantitative estimate of drug-likeness (QED) is 0.125. The number of hydrogen-bond donors (Lipinski definition) is 0. The lowest BCUT2D eigenvalue weighted by molar-refractivity contribution is -0.213. The molecule has 2 heterocycles. The van der Waals surface area contributed by atoms with Crippen LogP contribution in [0.2, 0.25) is 0 Å². The molecule has 1 aromatic rings. The maximum absolute atomic E-state index is 11.6. The van der Waals surface area contributed by atoms with Gasteiger partial charge >= 0.3 is 11.9 Å². The first kappa shape index (κ1) is 35.8. The highest BCUT2D eigenvalue weighted by Gasteiger charge is 2.58. The Balaban J connectivity index is 1.03. The standard InChI is InChI=1S/C40H56N2O7/c1-26(9-7-6-8-20-45-31-22-41-25-42-23-31)33-12-13-34-32-11-10-29-21-30(16-18-39(29,4)35(32)17-19-40(33,34)5)48-38-15-14-36(47-28(3)44)37(49-38)24-46-27(2)43/h9-10,14-15,22-23,25,30,32-38H,6-8,11-13,16-21,24H2,1-5H3/b26-9+/t30-,32-,33+,34-,35-,36-,37+,38?,39-,40+/m0/s1. The number of allylic oxidation sites excluding steroid dienone is 3. The normalized spacial score (nSPS) is 36.9. The van der Waals surface area contributed by atoms with Gasteiger partial charge in [0, 0.05) is 13.8 Å². The van der Waals surface area contributed by atoms with Crippen molar-refractivity contribution in [3.8, 4) is 5.75 Å². The molecule has 10 atom stereocenters.